The minimum Gasteiger partial charge on any atom is -0.469 e. The van der Waals surface area contributed by atoms with E-state index in [0.717, 1.165) is 26.2 Å². The van der Waals surface area contributed by atoms with Crippen LogP contribution in [0.2, 0.25) is 0 Å². The number of rotatable bonds is 8. The number of amides is 1. The first kappa shape index (κ1) is 15.3. The smallest absolute Gasteiger partial charge is 0.307 e. The number of carbonyl (C=O) groups is 2. The number of methoxy groups -OCH3 is 1. The lowest BCUT2D eigenvalue weighted by Gasteiger charge is -2.24. The second kappa shape index (κ2) is 7.59. The molecule has 1 amide bonds. The molecule has 2 aliphatic rings. The summed E-state index contributed by atoms with van der Waals surface area (Å²) in [5.74, 6) is 0.241. The van der Waals surface area contributed by atoms with E-state index in [4.69, 9.17) is 4.74 Å². The Morgan fingerprint density at radius 2 is 2.15 bits per heavy atom. The van der Waals surface area contributed by atoms with Gasteiger partial charge in [-0.05, 0) is 25.2 Å². The van der Waals surface area contributed by atoms with Crippen LogP contribution in [0.1, 0.15) is 25.7 Å². The van der Waals surface area contributed by atoms with E-state index in [2.05, 4.69) is 15.0 Å². The highest BCUT2D eigenvalue weighted by Gasteiger charge is 2.32. The summed E-state index contributed by atoms with van der Waals surface area (Å²) in [6.07, 6.45) is 3.68. The SMILES string of the molecule is COC(=O)CCNC(=O)CN(C[C@@H]1CCOC1)C1CC1. The molecular weight excluding hydrogens is 260 g/mol. The van der Waals surface area contributed by atoms with Gasteiger partial charge in [0.2, 0.25) is 5.91 Å². The first-order valence-corrected chi connectivity index (χ1v) is 7.34. The average molecular weight is 284 g/mol. The summed E-state index contributed by atoms with van der Waals surface area (Å²) in [5, 5.41) is 2.77. The Labute approximate surface area is 119 Å². The minimum absolute atomic E-state index is 0.0141. The van der Waals surface area contributed by atoms with E-state index in [0.29, 0.717) is 25.0 Å². The number of nitrogens with zero attached hydrogens (tertiary/aromatic N) is 1. The summed E-state index contributed by atoms with van der Waals surface area (Å²) in [7, 11) is 1.35. The predicted molar refractivity (Wildman–Crippen MR) is 73.2 cm³/mol. The van der Waals surface area contributed by atoms with Crippen LogP contribution in [0, 0.1) is 5.92 Å². The highest BCUT2D eigenvalue weighted by atomic mass is 16.5. The van der Waals surface area contributed by atoms with Gasteiger partial charge < -0.3 is 14.8 Å². The molecule has 1 aliphatic carbocycles. The Hall–Kier alpha value is -1.14. The van der Waals surface area contributed by atoms with Crippen molar-refractivity contribution in [3.05, 3.63) is 0 Å². The molecule has 0 aromatic rings. The zero-order valence-electron chi connectivity index (χ0n) is 12.1. The molecule has 1 N–H and O–H groups in total. The maximum atomic E-state index is 11.9. The number of carbonyl (C=O) groups excluding carboxylic acids is 2. The molecule has 1 saturated heterocycles. The largest absolute Gasteiger partial charge is 0.469 e. The fraction of sp³-hybridized carbons (Fsp3) is 0.857. The van der Waals surface area contributed by atoms with Crippen molar-refractivity contribution in [3.63, 3.8) is 0 Å². The van der Waals surface area contributed by atoms with Gasteiger partial charge in [0.15, 0.2) is 0 Å². The highest BCUT2D eigenvalue weighted by Crippen LogP contribution is 2.28. The molecule has 1 atom stereocenters. The molecule has 20 heavy (non-hydrogen) atoms. The first-order chi connectivity index (χ1) is 9.69. The van der Waals surface area contributed by atoms with Crippen LogP contribution in [0.25, 0.3) is 0 Å². The topological polar surface area (TPSA) is 67.9 Å². The van der Waals surface area contributed by atoms with Gasteiger partial charge in [0.25, 0.3) is 0 Å². The highest BCUT2D eigenvalue weighted by molar-refractivity contribution is 5.79. The summed E-state index contributed by atoms with van der Waals surface area (Å²) >= 11 is 0. The molecule has 6 nitrogen and oxygen atoms in total. The van der Waals surface area contributed by atoms with E-state index >= 15 is 0 Å². The number of esters is 1. The monoisotopic (exact) mass is 284 g/mol. The molecule has 0 radical (unpaired) electrons. The zero-order valence-corrected chi connectivity index (χ0v) is 12.1. The van der Waals surface area contributed by atoms with E-state index in [1.165, 1.54) is 20.0 Å². The lowest BCUT2D eigenvalue weighted by atomic mass is 10.1. The van der Waals surface area contributed by atoms with Gasteiger partial charge in [0.1, 0.15) is 0 Å². The molecule has 0 aromatic heterocycles. The van der Waals surface area contributed by atoms with Crippen LogP contribution in [-0.4, -0.2) is 62.8 Å². The molecule has 114 valence electrons. The minimum atomic E-state index is -0.299. The Morgan fingerprint density at radius 3 is 2.75 bits per heavy atom. The number of hydrogen-bond donors (Lipinski definition) is 1. The van der Waals surface area contributed by atoms with Crippen LogP contribution in [0.3, 0.4) is 0 Å². The third kappa shape index (κ3) is 5.09. The van der Waals surface area contributed by atoms with Gasteiger partial charge in [0, 0.05) is 25.7 Å². The van der Waals surface area contributed by atoms with Gasteiger partial charge in [-0.15, -0.1) is 0 Å². The Morgan fingerprint density at radius 1 is 1.35 bits per heavy atom. The summed E-state index contributed by atoms with van der Waals surface area (Å²) < 4.78 is 9.92. The van der Waals surface area contributed by atoms with E-state index in [-0.39, 0.29) is 18.3 Å². The molecule has 2 fully saturated rings. The molecule has 1 saturated carbocycles. The summed E-state index contributed by atoms with van der Waals surface area (Å²) in [6, 6.07) is 0.557. The molecule has 2 rings (SSSR count). The normalized spacial score (nSPS) is 22.0. The van der Waals surface area contributed by atoms with Crippen molar-refractivity contribution in [2.75, 3.05) is 40.0 Å². The number of hydrogen-bond acceptors (Lipinski definition) is 5. The van der Waals surface area contributed by atoms with Gasteiger partial charge in [-0.1, -0.05) is 0 Å². The maximum Gasteiger partial charge on any atom is 0.307 e. The van der Waals surface area contributed by atoms with Crippen molar-refractivity contribution in [1.82, 2.24) is 10.2 Å². The van der Waals surface area contributed by atoms with Crippen molar-refractivity contribution >= 4 is 11.9 Å². The third-order valence-corrected chi connectivity index (χ3v) is 3.81. The van der Waals surface area contributed by atoms with Crippen molar-refractivity contribution in [1.29, 1.82) is 0 Å². The van der Waals surface area contributed by atoms with Crippen molar-refractivity contribution in [2.24, 2.45) is 5.92 Å². The molecule has 0 unspecified atom stereocenters. The van der Waals surface area contributed by atoms with Crippen LogP contribution in [-0.2, 0) is 19.1 Å². The lowest BCUT2D eigenvalue weighted by molar-refractivity contribution is -0.140. The average Bonchev–Trinajstić information content (AvgIpc) is 3.16. The fourth-order valence-corrected chi connectivity index (χ4v) is 2.49. The summed E-state index contributed by atoms with van der Waals surface area (Å²) in [5.41, 5.74) is 0. The van der Waals surface area contributed by atoms with E-state index in [1.54, 1.807) is 0 Å². The van der Waals surface area contributed by atoms with E-state index < -0.39 is 0 Å². The third-order valence-electron chi connectivity index (χ3n) is 3.81. The van der Waals surface area contributed by atoms with E-state index in [9.17, 15) is 9.59 Å². The van der Waals surface area contributed by atoms with Crippen molar-refractivity contribution in [3.8, 4) is 0 Å². The molecule has 1 heterocycles. The van der Waals surface area contributed by atoms with Crippen molar-refractivity contribution < 1.29 is 19.1 Å². The van der Waals surface area contributed by atoms with E-state index in [1.807, 2.05) is 0 Å². The summed E-state index contributed by atoms with van der Waals surface area (Å²) in [6.45, 7) is 3.36. The lowest BCUT2D eigenvalue weighted by Crippen LogP contribution is -2.41. The maximum absolute atomic E-state index is 11.9. The van der Waals surface area contributed by atoms with Gasteiger partial charge >= 0.3 is 5.97 Å². The van der Waals surface area contributed by atoms with Gasteiger partial charge in [-0.25, -0.2) is 0 Å². The second-order valence-corrected chi connectivity index (χ2v) is 5.57. The van der Waals surface area contributed by atoms with Gasteiger partial charge in [-0.2, -0.15) is 0 Å². The Balaban J connectivity index is 1.67. The summed E-state index contributed by atoms with van der Waals surface area (Å²) in [4.78, 5) is 25.1. The fourth-order valence-electron chi connectivity index (χ4n) is 2.49. The standard InChI is InChI=1S/C14H24N2O4/c1-19-14(18)4-6-15-13(17)9-16(12-2-3-12)8-11-5-7-20-10-11/h11-12H,2-10H2,1H3,(H,15,17)/t11-/m0/s1. The van der Waals surface area contributed by atoms with Gasteiger partial charge in [0.05, 0.1) is 26.7 Å². The second-order valence-electron chi connectivity index (χ2n) is 5.57. The van der Waals surface area contributed by atoms with Crippen LogP contribution >= 0.6 is 0 Å². The zero-order chi connectivity index (χ0) is 14.4. The Bertz CT molecular complexity index is 338. The van der Waals surface area contributed by atoms with Crippen LogP contribution < -0.4 is 5.32 Å². The Kier molecular flexibility index (Phi) is 5.79. The molecule has 0 aromatic carbocycles. The molecular formula is C14H24N2O4. The molecule has 6 heteroatoms. The predicted octanol–water partition coefficient (Wildman–Crippen LogP) is 0.167. The molecule has 0 bridgehead atoms. The van der Waals surface area contributed by atoms with Crippen LogP contribution in [0.5, 0.6) is 0 Å². The number of ether oxygens (including phenoxy) is 2. The van der Waals surface area contributed by atoms with Gasteiger partial charge in [-0.3, -0.25) is 14.5 Å². The first-order valence-electron chi connectivity index (χ1n) is 7.34. The van der Waals surface area contributed by atoms with Crippen molar-refractivity contribution in [2.45, 2.75) is 31.7 Å². The number of nitrogens with one attached hydrogen (secondary N) is 1. The van der Waals surface area contributed by atoms with Crippen LogP contribution in [0.4, 0.5) is 0 Å². The molecule has 0 spiro atoms. The quantitative estimate of drug-likeness (QED) is 0.643. The molecule has 1 aliphatic heterocycles. The van der Waals surface area contributed by atoms with Crippen LogP contribution in [0.15, 0.2) is 0 Å².